The van der Waals surface area contributed by atoms with E-state index < -0.39 is 0 Å². The quantitative estimate of drug-likeness (QED) is 0.696. The van der Waals surface area contributed by atoms with E-state index in [2.05, 4.69) is 5.32 Å². The molecule has 7 heteroatoms. The zero-order valence-corrected chi connectivity index (χ0v) is 17.2. The van der Waals surface area contributed by atoms with Gasteiger partial charge < -0.3 is 14.8 Å². The summed E-state index contributed by atoms with van der Waals surface area (Å²) in [5.41, 5.74) is 1.57. The van der Waals surface area contributed by atoms with Crippen LogP contribution in [0.1, 0.15) is 42.4 Å². The van der Waals surface area contributed by atoms with Crippen LogP contribution in [0.2, 0.25) is 0 Å². The average Bonchev–Trinajstić information content (AvgIpc) is 3.00. The number of carbonyl (C=O) groups is 1. The molecule has 0 spiro atoms. The fourth-order valence-electron chi connectivity index (χ4n) is 3.78. The molecule has 0 atom stereocenters. The summed E-state index contributed by atoms with van der Waals surface area (Å²) < 4.78 is 12.6. The number of aromatic nitrogens is 2. The molecule has 156 valence electrons. The lowest BCUT2D eigenvalue weighted by Gasteiger charge is -2.12. The molecule has 0 aliphatic carbocycles. The van der Waals surface area contributed by atoms with Crippen molar-refractivity contribution in [2.24, 2.45) is 0 Å². The smallest absolute Gasteiger partial charge is 0.261 e. The van der Waals surface area contributed by atoms with Gasteiger partial charge in [-0.3, -0.25) is 14.2 Å². The Morgan fingerprint density at radius 3 is 2.80 bits per heavy atom. The Morgan fingerprint density at radius 1 is 1.13 bits per heavy atom. The highest BCUT2D eigenvalue weighted by Gasteiger charge is 2.16. The first kappa shape index (κ1) is 19.9. The summed E-state index contributed by atoms with van der Waals surface area (Å²) in [4.78, 5) is 30.3. The number of rotatable bonds is 5. The number of ether oxygens (including phenoxy) is 2. The van der Waals surface area contributed by atoms with E-state index in [0.29, 0.717) is 46.8 Å². The number of anilines is 1. The minimum Gasteiger partial charge on any atom is -0.493 e. The van der Waals surface area contributed by atoms with Crippen molar-refractivity contribution >= 4 is 22.5 Å². The molecule has 1 amide bonds. The molecule has 0 radical (unpaired) electrons. The van der Waals surface area contributed by atoms with Crippen molar-refractivity contribution in [2.75, 3.05) is 19.0 Å². The summed E-state index contributed by atoms with van der Waals surface area (Å²) in [6.45, 7) is 3.13. The molecule has 4 rings (SSSR count). The van der Waals surface area contributed by atoms with Crippen molar-refractivity contribution < 1.29 is 14.3 Å². The van der Waals surface area contributed by atoms with Crippen LogP contribution in [0.3, 0.4) is 0 Å². The van der Waals surface area contributed by atoms with Crippen molar-refractivity contribution in [1.29, 1.82) is 0 Å². The molecule has 30 heavy (non-hydrogen) atoms. The number of hydrogen-bond acceptors (Lipinski definition) is 5. The summed E-state index contributed by atoms with van der Waals surface area (Å²) in [5, 5.41) is 3.41. The first-order valence-electron chi connectivity index (χ1n) is 10.3. The van der Waals surface area contributed by atoms with Crippen LogP contribution in [-0.2, 0) is 13.0 Å². The molecule has 1 N–H and O–H groups in total. The summed E-state index contributed by atoms with van der Waals surface area (Å²) in [5.74, 6) is 1.69. The fourth-order valence-corrected chi connectivity index (χ4v) is 3.78. The number of methoxy groups -OCH3 is 1. The second kappa shape index (κ2) is 8.57. The Hall–Kier alpha value is -3.35. The summed E-state index contributed by atoms with van der Waals surface area (Å²) in [6.07, 6.45) is 3.90. The molecule has 0 saturated heterocycles. The van der Waals surface area contributed by atoms with E-state index in [1.165, 1.54) is 0 Å². The van der Waals surface area contributed by atoms with E-state index in [4.69, 9.17) is 14.5 Å². The molecule has 0 saturated carbocycles. The summed E-state index contributed by atoms with van der Waals surface area (Å²) in [6, 6.07) is 10.3. The lowest BCUT2D eigenvalue weighted by molar-refractivity contribution is 0.102. The van der Waals surface area contributed by atoms with Gasteiger partial charge in [0, 0.05) is 30.3 Å². The average molecular weight is 407 g/mol. The number of amides is 1. The van der Waals surface area contributed by atoms with Crippen LogP contribution < -0.4 is 20.3 Å². The van der Waals surface area contributed by atoms with Crippen LogP contribution >= 0.6 is 0 Å². The predicted octanol–water partition coefficient (Wildman–Crippen LogP) is 3.78. The maximum Gasteiger partial charge on any atom is 0.261 e. The minimum absolute atomic E-state index is 0.0277. The zero-order chi connectivity index (χ0) is 21.1. The molecule has 0 fully saturated rings. The molecule has 1 aliphatic heterocycles. The van der Waals surface area contributed by atoms with Gasteiger partial charge in [0.1, 0.15) is 5.82 Å². The first-order chi connectivity index (χ1) is 14.6. The third kappa shape index (κ3) is 3.87. The Bertz CT molecular complexity index is 1150. The number of aryl methyl sites for hydroxylation is 1. The van der Waals surface area contributed by atoms with Crippen LogP contribution in [0.15, 0.2) is 41.2 Å². The van der Waals surface area contributed by atoms with Crippen LogP contribution in [0.4, 0.5) is 5.69 Å². The van der Waals surface area contributed by atoms with E-state index in [9.17, 15) is 9.59 Å². The number of benzene rings is 2. The first-order valence-corrected chi connectivity index (χ1v) is 10.3. The molecule has 1 aromatic heterocycles. The molecule has 1 aliphatic rings. The van der Waals surface area contributed by atoms with Crippen molar-refractivity contribution in [3.63, 3.8) is 0 Å². The number of fused-ring (bicyclic) bond motifs is 2. The largest absolute Gasteiger partial charge is 0.493 e. The van der Waals surface area contributed by atoms with E-state index in [1.807, 2.05) is 6.92 Å². The Labute approximate surface area is 174 Å². The minimum atomic E-state index is -0.278. The normalized spacial score (nSPS) is 13.4. The highest BCUT2D eigenvalue weighted by atomic mass is 16.5. The second-order valence-corrected chi connectivity index (χ2v) is 7.28. The summed E-state index contributed by atoms with van der Waals surface area (Å²) >= 11 is 0. The fraction of sp³-hybridized carbons (Fsp3) is 0.348. The van der Waals surface area contributed by atoms with Crippen LogP contribution in [0.5, 0.6) is 11.5 Å². The number of nitrogens with zero attached hydrogens (tertiary/aromatic N) is 2. The van der Waals surface area contributed by atoms with Gasteiger partial charge in [-0.25, -0.2) is 4.98 Å². The monoisotopic (exact) mass is 407 g/mol. The third-order valence-electron chi connectivity index (χ3n) is 5.30. The van der Waals surface area contributed by atoms with Crippen LogP contribution in [0.25, 0.3) is 10.9 Å². The molecule has 3 aromatic rings. The maximum atomic E-state index is 12.9. The van der Waals surface area contributed by atoms with Crippen LogP contribution in [0, 0.1) is 0 Å². The second-order valence-electron chi connectivity index (χ2n) is 7.28. The van der Waals surface area contributed by atoms with Crippen molar-refractivity contribution in [3.8, 4) is 11.5 Å². The molecular weight excluding hydrogens is 382 g/mol. The third-order valence-corrected chi connectivity index (χ3v) is 5.30. The van der Waals surface area contributed by atoms with Gasteiger partial charge >= 0.3 is 0 Å². The highest BCUT2D eigenvalue weighted by molar-refractivity contribution is 6.06. The lowest BCUT2D eigenvalue weighted by atomic mass is 10.1. The molecule has 0 unspecified atom stereocenters. The van der Waals surface area contributed by atoms with E-state index in [1.54, 1.807) is 48.1 Å². The van der Waals surface area contributed by atoms with Gasteiger partial charge in [0.05, 0.1) is 24.6 Å². The van der Waals surface area contributed by atoms with E-state index in [0.717, 1.165) is 31.5 Å². The van der Waals surface area contributed by atoms with Gasteiger partial charge in [-0.05, 0) is 50.1 Å². The van der Waals surface area contributed by atoms with Gasteiger partial charge in [0.25, 0.3) is 11.5 Å². The molecule has 2 aromatic carbocycles. The zero-order valence-electron chi connectivity index (χ0n) is 17.2. The Kier molecular flexibility index (Phi) is 5.70. The number of carbonyl (C=O) groups excluding carboxylic acids is 1. The standard InChI is InChI=1S/C23H25N3O4/c1-3-30-19-11-9-16(14-20(19)29-2)24-22(27)15-8-10-17-18(13-15)25-21-7-5-4-6-12-26(21)23(17)28/h8-11,13-14H,3-7,12H2,1-2H3,(H,24,27). The Balaban J connectivity index is 1.63. The van der Waals surface area contributed by atoms with Crippen molar-refractivity contribution in [2.45, 2.75) is 39.2 Å². The number of hydrogen-bond donors (Lipinski definition) is 1. The topological polar surface area (TPSA) is 82.5 Å². The van der Waals surface area contributed by atoms with E-state index in [-0.39, 0.29) is 11.5 Å². The van der Waals surface area contributed by atoms with Gasteiger partial charge in [-0.2, -0.15) is 0 Å². The van der Waals surface area contributed by atoms with Gasteiger partial charge in [-0.1, -0.05) is 6.42 Å². The van der Waals surface area contributed by atoms with Gasteiger partial charge in [-0.15, -0.1) is 0 Å². The van der Waals surface area contributed by atoms with Crippen molar-refractivity contribution in [3.05, 3.63) is 58.1 Å². The maximum absolute atomic E-state index is 12.9. The SMILES string of the molecule is CCOc1ccc(NC(=O)c2ccc3c(=O)n4c(nc3c2)CCCCC4)cc1OC. The van der Waals surface area contributed by atoms with Crippen molar-refractivity contribution in [1.82, 2.24) is 9.55 Å². The predicted molar refractivity (Wildman–Crippen MR) is 116 cm³/mol. The summed E-state index contributed by atoms with van der Waals surface area (Å²) in [7, 11) is 1.56. The lowest BCUT2D eigenvalue weighted by Crippen LogP contribution is -2.24. The van der Waals surface area contributed by atoms with Gasteiger partial charge in [0.2, 0.25) is 0 Å². The van der Waals surface area contributed by atoms with Gasteiger partial charge in [0.15, 0.2) is 11.5 Å². The molecule has 0 bridgehead atoms. The Morgan fingerprint density at radius 2 is 2.00 bits per heavy atom. The highest BCUT2D eigenvalue weighted by Crippen LogP contribution is 2.30. The van der Waals surface area contributed by atoms with E-state index >= 15 is 0 Å². The molecule has 7 nitrogen and oxygen atoms in total. The molecule has 2 heterocycles. The molecular formula is C23H25N3O4. The number of nitrogens with one attached hydrogen (secondary N) is 1. The van der Waals surface area contributed by atoms with Crippen LogP contribution in [-0.4, -0.2) is 29.2 Å².